The molecule has 0 fully saturated rings. The summed E-state index contributed by atoms with van der Waals surface area (Å²) in [7, 11) is 2.10. The zero-order chi connectivity index (χ0) is 15.1. The molecule has 21 heavy (non-hydrogen) atoms. The van der Waals surface area contributed by atoms with Gasteiger partial charge in [0.05, 0.1) is 6.54 Å². The summed E-state index contributed by atoms with van der Waals surface area (Å²) < 4.78 is 0. The Labute approximate surface area is 127 Å². The molecule has 0 amide bonds. The number of hydrogen-bond acceptors (Lipinski definition) is 4. The van der Waals surface area contributed by atoms with Crippen LogP contribution in [0, 0.1) is 6.92 Å². The fourth-order valence-electron chi connectivity index (χ4n) is 2.24. The van der Waals surface area contributed by atoms with Gasteiger partial charge >= 0.3 is 0 Å². The number of nitrogens with one attached hydrogen (secondary N) is 1. The highest BCUT2D eigenvalue weighted by atomic mass is 15.1. The van der Waals surface area contributed by atoms with Crippen LogP contribution in [0.2, 0.25) is 0 Å². The minimum absolute atomic E-state index is 0.747. The van der Waals surface area contributed by atoms with Gasteiger partial charge in [-0.1, -0.05) is 37.3 Å². The molecule has 1 aromatic carbocycles. The fourth-order valence-corrected chi connectivity index (χ4v) is 2.24. The normalized spacial score (nSPS) is 10.9. The SMILES string of the molecule is CCCNc1cc(C)nc(CN(C)Cc2ccccc2)n1. The van der Waals surface area contributed by atoms with Gasteiger partial charge in [0.15, 0.2) is 0 Å². The van der Waals surface area contributed by atoms with Crippen LogP contribution in [0.1, 0.15) is 30.4 Å². The van der Waals surface area contributed by atoms with Crippen molar-refractivity contribution in [2.45, 2.75) is 33.4 Å². The third-order valence-electron chi connectivity index (χ3n) is 3.16. The minimum Gasteiger partial charge on any atom is -0.370 e. The number of hydrogen-bond donors (Lipinski definition) is 1. The third kappa shape index (κ3) is 5.16. The lowest BCUT2D eigenvalue weighted by Gasteiger charge is -2.16. The molecule has 4 nitrogen and oxygen atoms in total. The van der Waals surface area contributed by atoms with Gasteiger partial charge in [-0.15, -0.1) is 0 Å². The van der Waals surface area contributed by atoms with E-state index in [0.717, 1.165) is 43.4 Å². The average Bonchev–Trinajstić information content (AvgIpc) is 2.45. The second-order valence-electron chi connectivity index (χ2n) is 5.40. The maximum absolute atomic E-state index is 4.59. The summed E-state index contributed by atoms with van der Waals surface area (Å²) in [5.74, 6) is 1.79. The molecule has 2 rings (SSSR count). The number of anilines is 1. The first-order valence-electron chi connectivity index (χ1n) is 7.48. The second kappa shape index (κ2) is 7.74. The van der Waals surface area contributed by atoms with Crippen LogP contribution in [0.4, 0.5) is 5.82 Å². The van der Waals surface area contributed by atoms with Crippen molar-refractivity contribution in [3.8, 4) is 0 Å². The lowest BCUT2D eigenvalue weighted by Crippen LogP contribution is -2.19. The molecule has 0 unspecified atom stereocenters. The summed E-state index contributed by atoms with van der Waals surface area (Å²) in [6.07, 6.45) is 1.09. The Kier molecular flexibility index (Phi) is 5.69. The average molecular weight is 284 g/mol. The topological polar surface area (TPSA) is 41.1 Å². The lowest BCUT2D eigenvalue weighted by molar-refractivity contribution is 0.310. The van der Waals surface area contributed by atoms with Gasteiger partial charge in [0, 0.05) is 24.8 Å². The quantitative estimate of drug-likeness (QED) is 0.847. The molecule has 1 aromatic heterocycles. The summed E-state index contributed by atoms with van der Waals surface area (Å²) in [5.41, 5.74) is 2.31. The molecular formula is C17H24N4. The van der Waals surface area contributed by atoms with Crippen LogP contribution in [0.15, 0.2) is 36.4 Å². The molecule has 1 N–H and O–H groups in total. The number of aromatic nitrogens is 2. The molecule has 4 heteroatoms. The largest absolute Gasteiger partial charge is 0.370 e. The van der Waals surface area contributed by atoms with E-state index in [1.807, 2.05) is 19.1 Å². The second-order valence-corrected chi connectivity index (χ2v) is 5.40. The highest BCUT2D eigenvalue weighted by Crippen LogP contribution is 2.09. The predicted molar refractivity (Wildman–Crippen MR) is 87.2 cm³/mol. The van der Waals surface area contributed by atoms with Gasteiger partial charge in [0.2, 0.25) is 0 Å². The van der Waals surface area contributed by atoms with Crippen molar-refractivity contribution in [1.82, 2.24) is 14.9 Å². The van der Waals surface area contributed by atoms with Crippen LogP contribution in [-0.2, 0) is 13.1 Å². The molecule has 0 spiro atoms. The zero-order valence-corrected chi connectivity index (χ0v) is 13.1. The van der Waals surface area contributed by atoms with E-state index in [2.05, 4.69) is 58.4 Å². The zero-order valence-electron chi connectivity index (χ0n) is 13.1. The lowest BCUT2D eigenvalue weighted by atomic mass is 10.2. The standard InChI is InChI=1S/C17H24N4/c1-4-10-18-16-11-14(2)19-17(20-16)13-21(3)12-15-8-6-5-7-9-15/h5-9,11H,4,10,12-13H2,1-3H3,(H,18,19,20). The molecule has 0 atom stereocenters. The number of nitrogens with zero attached hydrogens (tertiary/aromatic N) is 3. The van der Waals surface area contributed by atoms with E-state index in [1.165, 1.54) is 5.56 Å². The minimum atomic E-state index is 0.747. The molecule has 0 saturated carbocycles. The van der Waals surface area contributed by atoms with E-state index in [4.69, 9.17) is 0 Å². The maximum atomic E-state index is 4.59. The van der Waals surface area contributed by atoms with Crippen LogP contribution in [0.3, 0.4) is 0 Å². The van der Waals surface area contributed by atoms with Gasteiger partial charge in [-0.25, -0.2) is 9.97 Å². The van der Waals surface area contributed by atoms with Gasteiger partial charge in [0.25, 0.3) is 0 Å². The van der Waals surface area contributed by atoms with E-state index in [0.29, 0.717) is 0 Å². The van der Waals surface area contributed by atoms with E-state index in [-0.39, 0.29) is 0 Å². The number of benzene rings is 1. The highest BCUT2D eigenvalue weighted by molar-refractivity contribution is 5.35. The molecule has 0 aliphatic carbocycles. The van der Waals surface area contributed by atoms with Gasteiger partial charge in [0.1, 0.15) is 11.6 Å². The maximum Gasteiger partial charge on any atom is 0.144 e. The van der Waals surface area contributed by atoms with Gasteiger partial charge in [-0.3, -0.25) is 4.90 Å². The monoisotopic (exact) mass is 284 g/mol. The van der Waals surface area contributed by atoms with Crippen molar-refractivity contribution in [3.63, 3.8) is 0 Å². The highest BCUT2D eigenvalue weighted by Gasteiger charge is 2.06. The van der Waals surface area contributed by atoms with E-state index >= 15 is 0 Å². The van der Waals surface area contributed by atoms with Gasteiger partial charge < -0.3 is 5.32 Å². The molecule has 0 saturated heterocycles. The Morgan fingerprint density at radius 3 is 2.57 bits per heavy atom. The Morgan fingerprint density at radius 2 is 1.86 bits per heavy atom. The summed E-state index contributed by atoms with van der Waals surface area (Å²) in [4.78, 5) is 11.3. The van der Waals surface area contributed by atoms with Crippen LogP contribution in [-0.4, -0.2) is 28.5 Å². The fraction of sp³-hybridized carbons (Fsp3) is 0.412. The Bertz CT molecular complexity index is 554. The van der Waals surface area contributed by atoms with Crippen molar-refractivity contribution in [1.29, 1.82) is 0 Å². The summed E-state index contributed by atoms with van der Waals surface area (Å²) in [6.45, 7) is 6.75. The van der Waals surface area contributed by atoms with Gasteiger partial charge in [-0.05, 0) is 26.0 Å². The van der Waals surface area contributed by atoms with E-state index in [9.17, 15) is 0 Å². The molecule has 0 radical (unpaired) electrons. The van der Waals surface area contributed by atoms with Crippen LogP contribution in [0.25, 0.3) is 0 Å². The van der Waals surface area contributed by atoms with Crippen molar-refractivity contribution >= 4 is 5.82 Å². The number of rotatable bonds is 7. The molecular weight excluding hydrogens is 260 g/mol. The molecule has 0 bridgehead atoms. The summed E-state index contributed by atoms with van der Waals surface area (Å²) >= 11 is 0. The summed E-state index contributed by atoms with van der Waals surface area (Å²) in [6, 6.07) is 12.5. The van der Waals surface area contributed by atoms with E-state index < -0.39 is 0 Å². The molecule has 0 aliphatic heterocycles. The Hall–Kier alpha value is -1.94. The molecule has 1 heterocycles. The molecule has 112 valence electrons. The Morgan fingerprint density at radius 1 is 1.10 bits per heavy atom. The van der Waals surface area contributed by atoms with Crippen LogP contribution < -0.4 is 5.32 Å². The first-order chi connectivity index (χ1) is 10.2. The van der Waals surface area contributed by atoms with Crippen molar-refractivity contribution < 1.29 is 0 Å². The summed E-state index contributed by atoms with van der Waals surface area (Å²) in [5, 5.41) is 3.33. The molecule has 0 aliphatic rings. The predicted octanol–water partition coefficient (Wildman–Crippen LogP) is 3.24. The first kappa shape index (κ1) is 15.4. The van der Waals surface area contributed by atoms with Crippen molar-refractivity contribution in [2.75, 3.05) is 18.9 Å². The third-order valence-corrected chi connectivity index (χ3v) is 3.16. The smallest absolute Gasteiger partial charge is 0.144 e. The van der Waals surface area contributed by atoms with Crippen LogP contribution >= 0.6 is 0 Å². The molecule has 2 aromatic rings. The first-order valence-corrected chi connectivity index (χ1v) is 7.48. The Balaban J connectivity index is 1.99. The van der Waals surface area contributed by atoms with Crippen molar-refractivity contribution in [2.24, 2.45) is 0 Å². The number of aryl methyl sites for hydroxylation is 1. The van der Waals surface area contributed by atoms with Crippen LogP contribution in [0.5, 0.6) is 0 Å². The van der Waals surface area contributed by atoms with E-state index in [1.54, 1.807) is 0 Å². The van der Waals surface area contributed by atoms with Gasteiger partial charge in [-0.2, -0.15) is 0 Å². The van der Waals surface area contributed by atoms with Crippen molar-refractivity contribution in [3.05, 3.63) is 53.5 Å².